The molecule has 1 fully saturated rings. The molecule has 0 atom stereocenters. The van der Waals surface area contributed by atoms with Gasteiger partial charge in [-0.2, -0.15) is 0 Å². The molecule has 1 heterocycles. The molecule has 9 nitrogen and oxygen atoms in total. The van der Waals surface area contributed by atoms with Crippen LogP contribution in [-0.2, 0) is 20.9 Å². The second-order valence-corrected chi connectivity index (χ2v) is 7.22. The molecule has 3 rings (SSSR count). The highest BCUT2D eigenvalue weighted by Crippen LogP contribution is 2.16. The number of hydrogen-bond donors (Lipinski definition) is 2. The molecule has 0 aliphatic carbocycles. The number of carbonyl (C=O) groups is 3. The highest BCUT2D eigenvalue weighted by molar-refractivity contribution is 6.27. The predicted octanol–water partition coefficient (Wildman–Crippen LogP) is 1.88. The number of carboxylic acids is 2. The Bertz CT molecular complexity index is 912. The number of nitrogens with zero attached hydrogens (tertiary/aromatic N) is 2. The van der Waals surface area contributed by atoms with Gasteiger partial charge in [-0.25, -0.2) is 9.59 Å². The second kappa shape index (κ2) is 12.3. The predicted molar refractivity (Wildman–Crippen MR) is 117 cm³/mol. The molecule has 32 heavy (non-hydrogen) atoms. The van der Waals surface area contributed by atoms with E-state index in [-0.39, 0.29) is 12.5 Å². The molecule has 2 N–H and O–H groups in total. The summed E-state index contributed by atoms with van der Waals surface area (Å²) in [5.41, 5.74) is 2.35. The molecule has 172 valence electrons. The van der Waals surface area contributed by atoms with Gasteiger partial charge in [0.25, 0.3) is 5.91 Å². The Morgan fingerprint density at radius 1 is 0.906 bits per heavy atom. The van der Waals surface area contributed by atoms with Gasteiger partial charge < -0.3 is 24.6 Å². The zero-order valence-electron chi connectivity index (χ0n) is 18.2. The van der Waals surface area contributed by atoms with Crippen LogP contribution < -0.4 is 9.47 Å². The van der Waals surface area contributed by atoms with Crippen molar-refractivity contribution in [1.82, 2.24) is 9.80 Å². The summed E-state index contributed by atoms with van der Waals surface area (Å²) in [7, 11) is 1.68. The largest absolute Gasteiger partial charge is 0.497 e. The quantitative estimate of drug-likeness (QED) is 0.649. The third-order valence-electron chi connectivity index (χ3n) is 4.80. The van der Waals surface area contributed by atoms with Crippen molar-refractivity contribution in [3.63, 3.8) is 0 Å². The first-order chi connectivity index (χ1) is 15.3. The normalized spacial score (nSPS) is 13.5. The van der Waals surface area contributed by atoms with E-state index in [2.05, 4.69) is 17.0 Å². The van der Waals surface area contributed by atoms with Gasteiger partial charge >= 0.3 is 11.9 Å². The maximum Gasteiger partial charge on any atom is 0.414 e. The molecule has 9 heteroatoms. The summed E-state index contributed by atoms with van der Waals surface area (Å²) >= 11 is 0. The fourth-order valence-electron chi connectivity index (χ4n) is 3.13. The van der Waals surface area contributed by atoms with Crippen molar-refractivity contribution in [3.05, 3.63) is 59.7 Å². The highest BCUT2D eigenvalue weighted by atomic mass is 16.5. The Labute approximate surface area is 186 Å². The summed E-state index contributed by atoms with van der Waals surface area (Å²) in [6.45, 7) is 6.19. The van der Waals surface area contributed by atoms with Gasteiger partial charge in [0, 0.05) is 32.7 Å². The van der Waals surface area contributed by atoms with E-state index in [9.17, 15) is 4.79 Å². The average Bonchev–Trinajstić information content (AvgIpc) is 2.78. The number of amides is 1. The van der Waals surface area contributed by atoms with Crippen molar-refractivity contribution < 1.29 is 34.1 Å². The summed E-state index contributed by atoms with van der Waals surface area (Å²) in [5.74, 6) is -1.97. The number of benzene rings is 2. The maximum atomic E-state index is 12.4. The van der Waals surface area contributed by atoms with Crippen LogP contribution >= 0.6 is 0 Å². The maximum absolute atomic E-state index is 12.4. The molecule has 2 aromatic carbocycles. The van der Waals surface area contributed by atoms with Crippen molar-refractivity contribution in [2.75, 3.05) is 39.9 Å². The van der Waals surface area contributed by atoms with Crippen molar-refractivity contribution in [3.8, 4) is 11.5 Å². The lowest BCUT2D eigenvalue weighted by Crippen LogP contribution is -2.49. The number of ether oxygens (including phenoxy) is 2. The lowest BCUT2D eigenvalue weighted by molar-refractivity contribution is -0.159. The Balaban J connectivity index is 0.000000534. The summed E-state index contributed by atoms with van der Waals surface area (Å²) in [6, 6.07) is 15.9. The molecule has 0 spiro atoms. The van der Waals surface area contributed by atoms with Crippen LogP contribution in [0.3, 0.4) is 0 Å². The minimum absolute atomic E-state index is 0.0486. The first-order valence-electron chi connectivity index (χ1n) is 10.1. The number of piperazine rings is 1. The van der Waals surface area contributed by atoms with E-state index >= 15 is 0 Å². The summed E-state index contributed by atoms with van der Waals surface area (Å²) in [6.07, 6.45) is 0. The number of aryl methyl sites for hydroxylation is 1. The smallest absolute Gasteiger partial charge is 0.414 e. The summed E-state index contributed by atoms with van der Waals surface area (Å²) < 4.78 is 10.9. The van der Waals surface area contributed by atoms with Gasteiger partial charge in [-0.1, -0.05) is 24.3 Å². The van der Waals surface area contributed by atoms with Gasteiger partial charge in [-0.15, -0.1) is 0 Å². The van der Waals surface area contributed by atoms with Gasteiger partial charge in [0.2, 0.25) is 0 Å². The second-order valence-electron chi connectivity index (χ2n) is 7.22. The molecule has 0 unspecified atom stereocenters. The Hall–Kier alpha value is -3.59. The van der Waals surface area contributed by atoms with Crippen LogP contribution in [0.2, 0.25) is 0 Å². The molecular formula is C23H28N2O7. The molecule has 0 saturated carbocycles. The standard InChI is InChI=1S/C21H26N2O3.C2H2O4/c1-17-5-3-8-20(13-17)26-16-21(24)23-11-9-22(10-12-23)15-18-6-4-7-19(14-18)25-2;3-1(4)2(5)6/h3-8,13-14H,9-12,15-16H2,1-2H3;(H,3,4)(H,5,6). The van der Waals surface area contributed by atoms with Gasteiger partial charge in [0.15, 0.2) is 6.61 Å². The van der Waals surface area contributed by atoms with E-state index < -0.39 is 11.9 Å². The van der Waals surface area contributed by atoms with Crippen molar-refractivity contribution in [2.24, 2.45) is 0 Å². The van der Waals surface area contributed by atoms with Gasteiger partial charge in [0.05, 0.1) is 7.11 Å². The molecule has 0 radical (unpaired) electrons. The van der Waals surface area contributed by atoms with Gasteiger partial charge in [-0.05, 0) is 42.3 Å². The Kier molecular flexibility index (Phi) is 9.49. The van der Waals surface area contributed by atoms with Crippen LogP contribution in [0.5, 0.6) is 11.5 Å². The zero-order chi connectivity index (χ0) is 23.5. The lowest BCUT2D eigenvalue weighted by atomic mass is 10.2. The van der Waals surface area contributed by atoms with Crippen molar-refractivity contribution in [2.45, 2.75) is 13.5 Å². The van der Waals surface area contributed by atoms with E-state index in [0.717, 1.165) is 49.8 Å². The van der Waals surface area contributed by atoms with Crippen LogP contribution in [0, 0.1) is 6.92 Å². The van der Waals surface area contributed by atoms with Crippen LogP contribution in [0.15, 0.2) is 48.5 Å². The van der Waals surface area contributed by atoms with Crippen molar-refractivity contribution >= 4 is 17.8 Å². The number of aliphatic carboxylic acids is 2. The topological polar surface area (TPSA) is 117 Å². The van der Waals surface area contributed by atoms with Crippen LogP contribution in [-0.4, -0.2) is 77.8 Å². The fourth-order valence-corrected chi connectivity index (χ4v) is 3.13. The van der Waals surface area contributed by atoms with E-state index in [1.165, 1.54) is 5.56 Å². The van der Waals surface area contributed by atoms with E-state index in [1.54, 1.807) is 7.11 Å². The van der Waals surface area contributed by atoms with Gasteiger partial charge in [0.1, 0.15) is 11.5 Å². The van der Waals surface area contributed by atoms with E-state index in [1.807, 2.05) is 48.2 Å². The molecule has 1 aliphatic heterocycles. The minimum Gasteiger partial charge on any atom is -0.497 e. The third-order valence-corrected chi connectivity index (χ3v) is 4.80. The molecule has 1 saturated heterocycles. The molecule has 0 aromatic heterocycles. The SMILES string of the molecule is COc1cccc(CN2CCN(C(=O)COc3cccc(C)c3)CC2)c1.O=C(O)C(=O)O. The molecule has 0 bridgehead atoms. The molecule has 1 aliphatic rings. The molecule has 1 amide bonds. The minimum atomic E-state index is -1.82. The van der Waals surface area contributed by atoms with Gasteiger partial charge in [-0.3, -0.25) is 9.69 Å². The number of methoxy groups -OCH3 is 1. The summed E-state index contributed by atoms with van der Waals surface area (Å²) in [4.78, 5) is 34.8. The van der Waals surface area contributed by atoms with Crippen LogP contribution in [0.4, 0.5) is 0 Å². The fraction of sp³-hybridized carbons (Fsp3) is 0.348. The molecular weight excluding hydrogens is 416 g/mol. The van der Waals surface area contributed by atoms with E-state index in [4.69, 9.17) is 29.3 Å². The van der Waals surface area contributed by atoms with Crippen LogP contribution in [0.25, 0.3) is 0 Å². The Morgan fingerprint density at radius 2 is 1.53 bits per heavy atom. The summed E-state index contributed by atoms with van der Waals surface area (Å²) in [5, 5.41) is 14.8. The lowest BCUT2D eigenvalue weighted by Gasteiger charge is -2.34. The highest BCUT2D eigenvalue weighted by Gasteiger charge is 2.21. The Morgan fingerprint density at radius 3 is 2.12 bits per heavy atom. The molecule has 2 aromatic rings. The van der Waals surface area contributed by atoms with Crippen LogP contribution in [0.1, 0.15) is 11.1 Å². The number of hydrogen-bond acceptors (Lipinski definition) is 6. The third kappa shape index (κ3) is 8.27. The zero-order valence-corrected chi connectivity index (χ0v) is 18.2. The number of rotatable bonds is 6. The first-order valence-corrected chi connectivity index (χ1v) is 10.1. The van der Waals surface area contributed by atoms with E-state index in [0.29, 0.717) is 0 Å². The average molecular weight is 444 g/mol. The van der Waals surface area contributed by atoms with Crippen molar-refractivity contribution in [1.29, 1.82) is 0 Å². The first kappa shape index (κ1) is 24.7. The number of carbonyl (C=O) groups excluding carboxylic acids is 1. The monoisotopic (exact) mass is 444 g/mol. The number of carboxylic acid groups (broad SMARTS) is 2.